The van der Waals surface area contributed by atoms with Gasteiger partial charge in [-0.05, 0) is 19.1 Å². The molecule has 0 aliphatic carbocycles. The van der Waals surface area contributed by atoms with Gasteiger partial charge in [-0.2, -0.15) is 8.78 Å². The minimum absolute atomic E-state index is 0.505. The molecule has 17 heavy (non-hydrogen) atoms. The lowest BCUT2D eigenvalue weighted by Crippen LogP contribution is -2.41. The quantitative estimate of drug-likeness (QED) is 0.649. The average Bonchev–Trinajstić information content (AvgIpc) is 2.20. The first-order valence-electron chi connectivity index (χ1n) is 5.06. The Morgan fingerprint density at radius 3 is 2.24 bits per heavy atom. The third-order valence-electron chi connectivity index (χ3n) is 1.92. The Balaban J connectivity index is 0.000000686. The molecule has 1 aliphatic rings. The summed E-state index contributed by atoms with van der Waals surface area (Å²) in [5.41, 5.74) is -0.181. The molecular formula is C11H12F4O2. The summed E-state index contributed by atoms with van der Waals surface area (Å²) in [6, 6.07) is 3.51. The van der Waals surface area contributed by atoms with Gasteiger partial charge in [-0.25, -0.2) is 4.74 Å². The maximum atomic E-state index is 13.1. The number of hydrogen-bond donors (Lipinski definition) is 0. The number of benzene rings is 1. The van der Waals surface area contributed by atoms with E-state index in [4.69, 9.17) is 0 Å². The van der Waals surface area contributed by atoms with Crippen LogP contribution in [-0.4, -0.2) is 6.29 Å². The van der Waals surface area contributed by atoms with Crippen LogP contribution in [0.4, 0.5) is 17.6 Å². The van der Waals surface area contributed by atoms with E-state index in [2.05, 4.69) is 9.47 Å². The summed E-state index contributed by atoms with van der Waals surface area (Å²) in [5.74, 6) is -0.568. The van der Waals surface area contributed by atoms with Gasteiger partial charge in [0.15, 0.2) is 0 Å². The summed E-state index contributed by atoms with van der Waals surface area (Å²) in [6.07, 6.45) is -8.34. The molecular weight excluding hydrogens is 240 g/mol. The lowest BCUT2D eigenvalue weighted by Gasteiger charge is -2.30. The standard InChI is InChI=1S/C9H6F4O2.C2H6/c1-5-2-3-7-6(4-5)8(10,11)15-9(12,13)14-7;1-2/h2-4H,1H3;1-2H3. The maximum absolute atomic E-state index is 13.1. The van der Waals surface area contributed by atoms with Crippen molar-refractivity contribution in [2.24, 2.45) is 0 Å². The van der Waals surface area contributed by atoms with Crippen molar-refractivity contribution in [3.05, 3.63) is 29.3 Å². The predicted molar refractivity (Wildman–Crippen MR) is 53.1 cm³/mol. The van der Waals surface area contributed by atoms with Crippen LogP contribution in [0.15, 0.2) is 18.2 Å². The van der Waals surface area contributed by atoms with Crippen LogP contribution in [-0.2, 0) is 10.8 Å². The van der Waals surface area contributed by atoms with E-state index in [0.29, 0.717) is 5.56 Å². The second-order valence-electron chi connectivity index (χ2n) is 3.18. The molecule has 1 heterocycles. The first-order chi connectivity index (χ1) is 7.80. The van der Waals surface area contributed by atoms with E-state index in [9.17, 15) is 17.6 Å². The van der Waals surface area contributed by atoms with Crippen LogP contribution in [0.5, 0.6) is 5.75 Å². The highest BCUT2D eigenvalue weighted by Gasteiger charge is 2.54. The van der Waals surface area contributed by atoms with Crippen LogP contribution >= 0.6 is 0 Å². The maximum Gasteiger partial charge on any atom is 0.540 e. The number of hydrogen-bond acceptors (Lipinski definition) is 2. The van der Waals surface area contributed by atoms with Gasteiger partial charge in [0.1, 0.15) is 5.75 Å². The van der Waals surface area contributed by atoms with E-state index >= 15 is 0 Å². The average molecular weight is 252 g/mol. The summed E-state index contributed by atoms with van der Waals surface area (Å²) < 4.78 is 58.5. The van der Waals surface area contributed by atoms with Gasteiger partial charge in [-0.3, -0.25) is 0 Å². The zero-order valence-corrected chi connectivity index (χ0v) is 9.56. The van der Waals surface area contributed by atoms with Gasteiger partial charge in [0.2, 0.25) is 0 Å². The summed E-state index contributed by atoms with van der Waals surface area (Å²) in [6.45, 7) is 5.56. The first-order valence-corrected chi connectivity index (χ1v) is 5.06. The van der Waals surface area contributed by atoms with Crippen molar-refractivity contribution in [3.63, 3.8) is 0 Å². The number of ether oxygens (including phenoxy) is 2. The second kappa shape index (κ2) is 4.52. The molecule has 0 spiro atoms. The largest absolute Gasteiger partial charge is 0.540 e. The fraction of sp³-hybridized carbons (Fsp3) is 0.455. The molecule has 1 aromatic rings. The molecule has 0 bridgehead atoms. The van der Waals surface area contributed by atoms with Gasteiger partial charge in [-0.1, -0.05) is 25.5 Å². The fourth-order valence-electron chi connectivity index (χ4n) is 1.31. The minimum atomic E-state index is -4.30. The van der Waals surface area contributed by atoms with Crippen LogP contribution in [0.2, 0.25) is 0 Å². The highest BCUT2D eigenvalue weighted by Crippen LogP contribution is 2.46. The predicted octanol–water partition coefficient (Wildman–Crippen LogP) is 4.03. The molecule has 1 aromatic carbocycles. The molecule has 0 radical (unpaired) electrons. The molecule has 0 amide bonds. The Morgan fingerprint density at radius 2 is 1.65 bits per heavy atom. The van der Waals surface area contributed by atoms with Gasteiger partial charge in [-0.15, -0.1) is 8.78 Å². The monoisotopic (exact) mass is 252 g/mol. The topological polar surface area (TPSA) is 18.5 Å². The second-order valence-corrected chi connectivity index (χ2v) is 3.18. The molecule has 0 saturated heterocycles. The summed E-state index contributed by atoms with van der Waals surface area (Å²) in [7, 11) is 0. The molecule has 0 aromatic heterocycles. The van der Waals surface area contributed by atoms with E-state index in [-0.39, 0.29) is 0 Å². The lowest BCUT2D eigenvalue weighted by atomic mass is 10.1. The first kappa shape index (κ1) is 13.8. The van der Waals surface area contributed by atoms with Crippen molar-refractivity contribution >= 4 is 0 Å². The van der Waals surface area contributed by atoms with Gasteiger partial charge in [0.05, 0.1) is 5.56 Å². The van der Waals surface area contributed by atoms with E-state index in [1.807, 2.05) is 13.8 Å². The number of fused-ring (bicyclic) bond motifs is 1. The van der Waals surface area contributed by atoms with Gasteiger partial charge >= 0.3 is 12.4 Å². The Morgan fingerprint density at radius 1 is 1.06 bits per heavy atom. The molecule has 2 nitrogen and oxygen atoms in total. The van der Waals surface area contributed by atoms with E-state index in [1.165, 1.54) is 6.07 Å². The zero-order chi connectivity index (χ0) is 13.3. The van der Waals surface area contributed by atoms with Crippen LogP contribution in [0.1, 0.15) is 25.0 Å². The Labute approximate surface area is 96.1 Å². The van der Waals surface area contributed by atoms with Crippen molar-refractivity contribution in [1.29, 1.82) is 0 Å². The third-order valence-corrected chi connectivity index (χ3v) is 1.92. The Kier molecular flexibility index (Phi) is 3.66. The van der Waals surface area contributed by atoms with Crippen LogP contribution < -0.4 is 4.74 Å². The summed E-state index contributed by atoms with van der Waals surface area (Å²) in [4.78, 5) is 0. The molecule has 0 saturated carbocycles. The molecule has 2 rings (SSSR count). The normalized spacial score (nSPS) is 19.5. The van der Waals surface area contributed by atoms with Gasteiger partial charge < -0.3 is 4.74 Å². The van der Waals surface area contributed by atoms with Crippen LogP contribution in [0.3, 0.4) is 0 Å². The number of rotatable bonds is 0. The van der Waals surface area contributed by atoms with Crippen LogP contribution in [0, 0.1) is 6.92 Å². The van der Waals surface area contributed by atoms with Gasteiger partial charge in [0.25, 0.3) is 0 Å². The molecule has 0 fully saturated rings. The van der Waals surface area contributed by atoms with Crippen molar-refractivity contribution in [2.75, 3.05) is 0 Å². The summed E-state index contributed by atoms with van der Waals surface area (Å²) in [5, 5.41) is 0. The van der Waals surface area contributed by atoms with E-state index < -0.39 is 23.7 Å². The molecule has 96 valence electrons. The molecule has 1 aliphatic heterocycles. The van der Waals surface area contributed by atoms with E-state index in [0.717, 1.165) is 12.1 Å². The highest BCUT2D eigenvalue weighted by atomic mass is 19.3. The van der Waals surface area contributed by atoms with Gasteiger partial charge in [0, 0.05) is 0 Å². The molecule has 6 heteroatoms. The van der Waals surface area contributed by atoms with Crippen molar-refractivity contribution in [2.45, 2.75) is 33.2 Å². The fourth-order valence-corrected chi connectivity index (χ4v) is 1.31. The third kappa shape index (κ3) is 2.88. The number of alkyl halides is 4. The Hall–Kier alpha value is -1.30. The van der Waals surface area contributed by atoms with Crippen molar-refractivity contribution in [3.8, 4) is 5.75 Å². The van der Waals surface area contributed by atoms with Crippen LogP contribution in [0.25, 0.3) is 0 Å². The molecule has 0 unspecified atom stereocenters. The number of aryl methyl sites for hydroxylation is 1. The summed E-state index contributed by atoms with van der Waals surface area (Å²) >= 11 is 0. The zero-order valence-electron chi connectivity index (χ0n) is 9.56. The highest BCUT2D eigenvalue weighted by molar-refractivity contribution is 5.40. The molecule has 0 N–H and O–H groups in total. The Bertz CT molecular complexity index is 404. The van der Waals surface area contributed by atoms with Crippen molar-refractivity contribution in [1.82, 2.24) is 0 Å². The minimum Gasteiger partial charge on any atom is -0.409 e. The van der Waals surface area contributed by atoms with E-state index in [1.54, 1.807) is 6.92 Å². The van der Waals surface area contributed by atoms with Crippen molar-refractivity contribution < 1.29 is 27.0 Å². The smallest absolute Gasteiger partial charge is 0.409 e. The number of halogens is 4. The SMILES string of the molecule is CC.Cc1ccc2c(c1)C(F)(F)OC(F)(F)O2. The lowest BCUT2D eigenvalue weighted by molar-refractivity contribution is -0.461. The molecule has 0 atom stereocenters.